The van der Waals surface area contributed by atoms with Crippen molar-refractivity contribution in [3.8, 4) is 23.2 Å². The maximum Gasteiger partial charge on any atom is 0.230 e. The van der Waals surface area contributed by atoms with Crippen LogP contribution in [0.5, 0.6) is 17.5 Å². The number of ether oxygens (including phenoxy) is 2. The molecule has 0 aliphatic carbocycles. The van der Waals surface area contributed by atoms with Crippen LogP contribution in [0, 0.1) is 12.3 Å². The molecular formula is C24H23N5O3. The van der Waals surface area contributed by atoms with Crippen LogP contribution in [0.2, 0.25) is 0 Å². The largest absolute Gasteiger partial charge is 0.497 e. The fraction of sp³-hybridized carbons (Fsp3) is 0.208. The molecule has 1 atom stereocenters. The summed E-state index contributed by atoms with van der Waals surface area (Å²) < 4.78 is 15.0. The molecule has 0 saturated carbocycles. The van der Waals surface area contributed by atoms with Gasteiger partial charge in [0.25, 0.3) is 0 Å². The molecular weight excluding hydrogens is 406 g/mol. The van der Waals surface area contributed by atoms with Crippen LogP contribution in [-0.2, 0) is 6.54 Å². The third-order valence-electron chi connectivity index (χ3n) is 5.71. The Kier molecular flexibility index (Phi) is 4.99. The first-order valence-corrected chi connectivity index (χ1v) is 10.3. The Morgan fingerprint density at radius 3 is 2.53 bits per heavy atom. The number of aliphatic hydroxyl groups excluding tert-OH is 1. The average molecular weight is 429 g/mol. The number of nitrogens with zero attached hydrogens (tertiary/aromatic N) is 4. The fourth-order valence-corrected chi connectivity index (χ4v) is 4.18. The Morgan fingerprint density at radius 1 is 1.09 bits per heavy atom. The van der Waals surface area contributed by atoms with Crippen LogP contribution in [0.15, 0.2) is 60.9 Å². The highest BCUT2D eigenvalue weighted by Crippen LogP contribution is 2.47. The summed E-state index contributed by atoms with van der Waals surface area (Å²) in [6.45, 7) is 2.15. The van der Waals surface area contributed by atoms with E-state index in [1.807, 2.05) is 61.5 Å². The van der Waals surface area contributed by atoms with E-state index in [9.17, 15) is 5.11 Å². The van der Waals surface area contributed by atoms with Crippen LogP contribution in [0.1, 0.15) is 28.3 Å². The molecule has 2 N–H and O–H groups in total. The van der Waals surface area contributed by atoms with Crippen molar-refractivity contribution in [2.75, 3.05) is 13.7 Å². The number of methoxy groups -OCH3 is 1. The van der Waals surface area contributed by atoms with Gasteiger partial charge in [-0.15, -0.1) is 0 Å². The average Bonchev–Trinajstić information content (AvgIpc) is 3.16. The summed E-state index contributed by atoms with van der Waals surface area (Å²) in [5, 5.41) is 23.1. The SMILES string of the molecule is COc1ccc(C2c3c(C)nn(-c4ccccc4)c3Oc3ncn(CCO)c(=N)c32)cc1. The van der Waals surface area contributed by atoms with Gasteiger partial charge in [0.1, 0.15) is 17.6 Å². The Hall–Kier alpha value is -3.91. The first kappa shape index (κ1) is 20.0. The number of benzene rings is 2. The standard InChI is InChI=1S/C24H23N5O3/c1-15-19-20(16-8-10-18(31-2)11-9-16)21-22(25)28(12-13-30)14-26-23(21)32-24(19)29(27-15)17-6-4-3-5-7-17/h3-11,14,20,25,30H,12-13H2,1-2H3. The van der Waals surface area contributed by atoms with Gasteiger partial charge >= 0.3 is 0 Å². The zero-order chi connectivity index (χ0) is 22.2. The summed E-state index contributed by atoms with van der Waals surface area (Å²) >= 11 is 0. The predicted molar refractivity (Wildman–Crippen MR) is 117 cm³/mol. The van der Waals surface area contributed by atoms with E-state index in [2.05, 4.69) is 4.98 Å². The molecule has 162 valence electrons. The lowest BCUT2D eigenvalue weighted by Crippen LogP contribution is -2.30. The van der Waals surface area contributed by atoms with E-state index in [4.69, 9.17) is 20.0 Å². The molecule has 0 amide bonds. The topological polar surface area (TPSA) is 98.2 Å². The van der Waals surface area contributed by atoms with Crippen molar-refractivity contribution in [1.29, 1.82) is 5.41 Å². The molecule has 0 spiro atoms. The van der Waals surface area contributed by atoms with Gasteiger partial charge in [-0.3, -0.25) is 5.41 Å². The minimum Gasteiger partial charge on any atom is -0.497 e. The van der Waals surface area contributed by atoms with Gasteiger partial charge in [0.15, 0.2) is 0 Å². The quantitative estimate of drug-likeness (QED) is 0.447. The number of nitrogens with one attached hydrogen (secondary N) is 1. The van der Waals surface area contributed by atoms with Crippen LogP contribution in [0.4, 0.5) is 0 Å². The number of aryl methyl sites for hydroxylation is 1. The van der Waals surface area contributed by atoms with Crippen LogP contribution in [0.25, 0.3) is 5.69 Å². The van der Waals surface area contributed by atoms with E-state index in [1.54, 1.807) is 16.4 Å². The summed E-state index contributed by atoms with van der Waals surface area (Å²) in [5.74, 6) is 1.41. The van der Waals surface area contributed by atoms with E-state index in [0.717, 1.165) is 28.3 Å². The second-order valence-corrected chi connectivity index (χ2v) is 7.59. The smallest absolute Gasteiger partial charge is 0.230 e. The number of aliphatic hydroxyl groups is 1. The van der Waals surface area contributed by atoms with E-state index >= 15 is 0 Å². The van der Waals surface area contributed by atoms with Gasteiger partial charge in [0.2, 0.25) is 11.8 Å². The minimum atomic E-state index is -0.303. The zero-order valence-electron chi connectivity index (χ0n) is 17.8. The van der Waals surface area contributed by atoms with Gasteiger partial charge in [-0.2, -0.15) is 5.10 Å². The third-order valence-corrected chi connectivity index (χ3v) is 5.71. The first-order chi connectivity index (χ1) is 15.6. The Balaban J connectivity index is 1.77. The van der Waals surface area contributed by atoms with Crippen LogP contribution in [-0.4, -0.2) is 38.2 Å². The maximum atomic E-state index is 9.43. The maximum absolute atomic E-state index is 9.43. The normalized spacial score (nSPS) is 14.4. The van der Waals surface area contributed by atoms with Crippen molar-refractivity contribution >= 4 is 0 Å². The molecule has 1 aliphatic heterocycles. The molecule has 0 fully saturated rings. The van der Waals surface area contributed by atoms with Gasteiger partial charge in [0, 0.05) is 6.54 Å². The lowest BCUT2D eigenvalue weighted by Gasteiger charge is -2.27. The number of hydrogen-bond donors (Lipinski definition) is 2. The fourth-order valence-electron chi connectivity index (χ4n) is 4.18. The summed E-state index contributed by atoms with van der Waals surface area (Å²) in [6, 6.07) is 17.6. The molecule has 4 aromatic rings. The molecule has 0 saturated heterocycles. The van der Waals surface area contributed by atoms with Crippen molar-refractivity contribution in [3.63, 3.8) is 0 Å². The minimum absolute atomic E-state index is 0.0821. The highest BCUT2D eigenvalue weighted by Gasteiger charge is 2.37. The summed E-state index contributed by atoms with van der Waals surface area (Å²) in [5.41, 5.74) is 4.46. The molecule has 1 aliphatic rings. The predicted octanol–water partition coefficient (Wildman–Crippen LogP) is 3.14. The first-order valence-electron chi connectivity index (χ1n) is 10.3. The van der Waals surface area contributed by atoms with Crippen molar-refractivity contribution in [1.82, 2.24) is 19.3 Å². The number of fused-ring (bicyclic) bond motifs is 2. The van der Waals surface area contributed by atoms with Crippen molar-refractivity contribution < 1.29 is 14.6 Å². The highest BCUT2D eigenvalue weighted by atomic mass is 16.5. The summed E-state index contributed by atoms with van der Waals surface area (Å²) in [6.07, 6.45) is 1.53. The summed E-state index contributed by atoms with van der Waals surface area (Å²) in [4.78, 5) is 4.49. The van der Waals surface area contributed by atoms with Gasteiger partial charge in [-0.1, -0.05) is 30.3 Å². The Morgan fingerprint density at radius 2 is 1.84 bits per heavy atom. The molecule has 0 bridgehead atoms. The number of rotatable bonds is 5. The van der Waals surface area contributed by atoms with Crippen LogP contribution < -0.4 is 15.0 Å². The third kappa shape index (κ3) is 3.16. The Bertz CT molecular complexity index is 1330. The second kappa shape index (κ2) is 7.97. The number of para-hydroxylation sites is 1. The van der Waals surface area contributed by atoms with Crippen LogP contribution >= 0.6 is 0 Å². The number of hydrogen-bond acceptors (Lipinski definition) is 6. The number of aromatic nitrogens is 4. The van der Waals surface area contributed by atoms with E-state index in [1.165, 1.54) is 6.33 Å². The molecule has 2 aromatic carbocycles. The molecule has 1 unspecified atom stereocenters. The molecule has 5 rings (SSSR count). The van der Waals surface area contributed by atoms with Crippen LogP contribution in [0.3, 0.4) is 0 Å². The molecule has 3 heterocycles. The van der Waals surface area contributed by atoms with Crippen molar-refractivity contribution in [2.45, 2.75) is 19.4 Å². The van der Waals surface area contributed by atoms with Gasteiger partial charge < -0.3 is 19.1 Å². The summed E-state index contributed by atoms with van der Waals surface area (Å²) in [7, 11) is 1.63. The van der Waals surface area contributed by atoms with Gasteiger partial charge in [-0.25, -0.2) is 9.67 Å². The van der Waals surface area contributed by atoms with E-state index in [-0.39, 0.29) is 24.6 Å². The van der Waals surface area contributed by atoms with Crippen molar-refractivity contribution in [2.24, 2.45) is 0 Å². The molecule has 0 radical (unpaired) electrons. The van der Waals surface area contributed by atoms with Crippen molar-refractivity contribution in [3.05, 3.63) is 88.8 Å². The zero-order valence-corrected chi connectivity index (χ0v) is 17.8. The van der Waals surface area contributed by atoms with Gasteiger partial charge in [0.05, 0.1) is 42.1 Å². The highest BCUT2D eigenvalue weighted by molar-refractivity contribution is 5.57. The second-order valence-electron chi connectivity index (χ2n) is 7.59. The molecule has 32 heavy (non-hydrogen) atoms. The monoisotopic (exact) mass is 429 g/mol. The molecule has 8 heteroatoms. The molecule has 2 aromatic heterocycles. The lowest BCUT2D eigenvalue weighted by molar-refractivity contribution is 0.271. The lowest BCUT2D eigenvalue weighted by atomic mass is 9.84. The van der Waals surface area contributed by atoms with E-state index in [0.29, 0.717) is 17.3 Å². The Labute approximate surface area is 184 Å². The van der Waals surface area contributed by atoms with E-state index < -0.39 is 0 Å². The molecule has 8 nitrogen and oxygen atoms in total. The van der Waals surface area contributed by atoms with Gasteiger partial charge in [-0.05, 0) is 36.8 Å².